The van der Waals surface area contributed by atoms with E-state index in [4.69, 9.17) is 14.6 Å². The highest BCUT2D eigenvalue weighted by atomic mass is 79.9. The van der Waals surface area contributed by atoms with Crippen molar-refractivity contribution in [2.75, 3.05) is 19.8 Å². The fraction of sp³-hybridized carbons (Fsp3) is 0.400. The van der Waals surface area contributed by atoms with Gasteiger partial charge in [-0.2, -0.15) is 0 Å². The number of aliphatic hydroxyl groups excluding tert-OH is 1. The van der Waals surface area contributed by atoms with E-state index in [0.29, 0.717) is 34.7 Å². The molecule has 3 nitrogen and oxygen atoms in total. The average Bonchev–Trinajstić information content (AvgIpc) is 2.25. The van der Waals surface area contributed by atoms with Gasteiger partial charge in [0.2, 0.25) is 0 Å². The predicted molar refractivity (Wildman–Crippen MR) is 55.9 cm³/mol. The normalized spacial score (nSPS) is 14.1. The molecule has 1 aliphatic rings. The molecule has 0 unspecified atom stereocenters. The first-order valence-corrected chi connectivity index (χ1v) is 5.40. The lowest BCUT2D eigenvalue weighted by Gasteiger charge is -2.21. The molecule has 82 valence electrons. The van der Waals surface area contributed by atoms with Gasteiger partial charge in [-0.25, -0.2) is 4.39 Å². The summed E-state index contributed by atoms with van der Waals surface area (Å²) in [7, 11) is 0. The topological polar surface area (TPSA) is 38.7 Å². The largest absolute Gasteiger partial charge is 0.486 e. The van der Waals surface area contributed by atoms with E-state index in [1.165, 1.54) is 0 Å². The molecular weight excluding hydrogens is 267 g/mol. The van der Waals surface area contributed by atoms with Gasteiger partial charge in [0, 0.05) is 24.7 Å². The molecule has 1 N–H and O–H groups in total. The number of hydrogen-bond donors (Lipinski definition) is 1. The lowest BCUT2D eigenvalue weighted by Crippen LogP contribution is -2.17. The fourth-order valence-electron chi connectivity index (χ4n) is 1.53. The summed E-state index contributed by atoms with van der Waals surface area (Å²) in [5.74, 6) is 0.544. The van der Waals surface area contributed by atoms with E-state index in [-0.39, 0.29) is 13.0 Å². The Labute approximate surface area is 94.9 Å². The van der Waals surface area contributed by atoms with E-state index >= 15 is 0 Å². The van der Waals surface area contributed by atoms with E-state index in [0.717, 1.165) is 0 Å². The minimum Gasteiger partial charge on any atom is -0.486 e. The van der Waals surface area contributed by atoms with Crippen LogP contribution in [0.2, 0.25) is 0 Å². The van der Waals surface area contributed by atoms with Crippen LogP contribution in [0.1, 0.15) is 5.56 Å². The molecule has 0 aromatic heterocycles. The Morgan fingerprint density at radius 2 is 2.13 bits per heavy atom. The highest BCUT2D eigenvalue weighted by Gasteiger charge is 2.21. The first-order chi connectivity index (χ1) is 7.24. The molecule has 0 amide bonds. The van der Waals surface area contributed by atoms with Gasteiger partial charge in [-0.15, -0.1) is 0 Å². The molecule has 5 heteroatoms. The SMILES string of the molecule is OCCc1c(F)c(Br)cc2c1OCCO2. The van der Waals surface area contributed by atoms with Crippen molar-refractivity contribution in [1.29, 1.82) is 0 Å². The molecule has 1 aromatic carbocycles. The molecule has 0 aliphatic carbocycles. The Balaban J connectivity index is 2.52. The van der Waals surface area contributed by atoms with E-state index in [2.05, 4.69) is 15.9 Å². The second-order valence-electron chi connectivity index (χ2n) is 3.15. The van der Waals surface area contributed by atoms with Gasteiger partial charge in [0.25, 0.3) is 0 Å². The van der Waals surface area contributed by atoms with Crippen LogP contribution in [0.5, 0.6) is 11.5 Å². The Hall–Kier alpha value is -0.810. The first kappa shape index (κ1) is 10.7. The van der Waals surface area contributed by atoms with Crippen LogP contribution < -0.4 is 9.47 Å². The van der Waals surface area contributed by atoms with Gasteiger partial charge in [-0.05, 0) is 15.9 Å². The molecule has 0 saturated heterocycles. The van der Waals surface area contributed by atoms with Crippen molar-refractivity contribution in [1.82, 2.24) is 0 Å². The standard InChI is InChI=1S/C10H10BrFO3/c11-7-5-8-10(15-4-3-14-8)6(1-2-13)9(7)12/h5,13H,1-4H2. The summed E-state index contributed by atoms with van der Waals surface area (Å²) in [6.45, 7) is 0.749. The molecule has 2 rings (SSSR count). The van der Waals surface area contributed by atoms with E-state index < -0.39 is 5.82 Å². The molecule has 0 saturated carbocycles. The minimum absolute atomic E-state index is 0.122. The molecular formula is C10H10BrFO3. The van der Waals surface area contributed by atoms with Crippen molar-refractivity contribution < 1.29 is 19.0 Å². The molecule has 0 atom stereocenters. The zero-order chi connectivity index (χ0) is 10.8. The van der Waals surface area contributed by atoms with Gasteiger partial charge in [0.15, 0.2) is 11.5 Å². The van der Waals surface area contributed by atoms with Crippen LogP contribution in [-0.2, 0) is 6.42 Å². The van der Waals surface area contributed by atoms with E-state index in [1.54, 1.807) is 6.07 Å². The van der Waals surface area contributed by atoms with Crippen LogP contribution in [0, 0.1) is 5.82 Å². The third kappa shape index (κ3) is 1.94. The molecule has 1 heterocycles. The number of rotatable bonds is 2. The van der Waals surface area contributed by atoms with Crippen LogP contribution in [0.3, 0.4) is 0 Å². The molecule has 0 fully saturated rings. The van der Waals surface area contributed by atoms with Crippen LogP contribution >= 0.6 is 15.9 Å². The summed E-state index contributed by atoms with van der Waals surface area (Å²) in [5.41, 5.74) is 0.363. The fourth-order valence-corrected chi connectivity index (χ4v) is 1.98. The van der Waals surface area contributed by atoms with E-state index in [9.17, 15) is 4.39 Å². The summed E-state index contributed by atoms with van der Waals surface area (Å²) >= 11 is 3.10. The van der Waals surface area contributed by atoms with Crippen molar-refractivity contribution in [3.8, 4) is 11.5 Å². The molecule has 0 bridgehead atoms. The maximum Gasteiger partial charge on any atom is 0.167 e. The van der Waals surface area contributed by atoms with Crippen molar-refractivity contribution in [2.45, 2.75) is 6.42 Å². The lowest BCUT2D eigenvalue weighted by molar-refractivity contribution is 0.167. The zero-order valence-corrected chi connectivity index (χ0v) is 9.51. The molecule has 15 heavy (non-hydrogen) atoms. The summed E-state index contributed by atoms with van der Waals surface area (Å²) in [4.78, 5) is 0. The highest BCUT2D eigenvalue weighted by molar-refractivity contribution is 9.10. The zero-order valence-electron chi connectivity index (χ0n) is 7.93. The summed E-state index contributed by atoms with van der Waals surface area (Å²) in [6, 6.07) is 1.55. The van der Waals surface area contributed by atoms with Gasteiger partial charge in [0.1, 0.15) is 19.0 Å². The van der Waals surface area contributed by atoms with Crippen LogP contribution in [0.4, 0.5) is 4.39 Å². The van der Waals surface area contributed by atoms with Crippen molar-refractivity contribution >= 4 is 15.9 Å². The second kappa shape index (κ2) is 4.37. The number of ether oxygens (including phenoxy) is 2. The number of hydrogen-bond acceptors (Lipinski definition) is 3. The summed E-state index contributed by atoms with van der Waals surface area (Å²) in [5, 5.41) is 8.86. The third-order valence-corrected chi connectivity index (χ3v) is 2.76. The quantitative estimate of drug-likeness (QED) is 0.897. The molecule has 1 aromatic rings. The number of halogens is 2. The van der Waals surface area contributed by atoms with Gasteiger partial charge in [-0.1, -0.05) is 0 Å². The maximum atomic E-state index is 13.7. The van der Waals surface area contributed by atoms with Gasteiger partial charge < -0.3 is 14.6 Å². The third-order valence-electron chi connectivity index (χ3n) is 2.18. The summed E-state index contributed by atoms with van der Waals surface area (Å²) < 4.78 is 24.7. The molecule has 1 aliphatic heterocycles. The van der Waals surface area contributed by atoms with Crippen LogP contribution in [0.15, 0.2) is 10.5 Å². The van der Waals surface area contributed by atoms with Gasteiger partial charge in [0.05, 0.1) is 4.47 Å². The Kier molecular flexibility index (Phi) is 3.11. The minimum atomic E-state index is -0.395. The Morgan fingerprint density at radius 1 is 1.40 bits per heavy atom. The Morgan fingerprint density at radius 3 is 2.87 bits per heavy atom. The number of aliphatic hydroxyl groups is 1. The predicted octanol–water partition coefficient (Wildman–Crippen LogP) is 1.89. The Bertz CT molecular complexity index is 381. The van der Waals surface area contributed by atoms with Crippen LogP contribution in [0.25, 0.3) is 0 Å². The number of benzene rings is 1. The lowest BCUT2D eigenvalue weighted by atomic mass is 10.1. The molecule has 0 radical (unpaired) electrons. The van der Waals surface area contributed by atoms with Gasteiger partial charge >= 0.3 is 0 Å². The first-order valence-electron chi connectivity index (χ1n) is 4.61. The average molecular weight is 277 g/mol. The maximum absolute atomic E-state index is 13.7. The second-order valence-corrected chi connectivity index (χ2v) is 4.00. The smallest absolute Gasteiger partial charge is 0.167 e. The van der Waals surface area contributed by atoms with Crippen molar-refractivity contribution in [3.63, 3.8) is 0 Å². The molecule has 0 spiro atoms. The van der Waals surface area contributed by atoms with Gasteiger partial charge in [-0.3, -0.25) is 0 Å². The number of fused-ring (bicyclic) bond motifs is 1. The van der Waals surface area contributed by atoms with Crippen molar-refractivity contribution in [2.24, 2.45) is 0 Å². The monoisotopic (exact) mass is 276 g/mol. The van der Waals surface area contributed by atoms with Crippen LogP contribution in [-0.4, -0.2) is 24.9 Å². The van der Waals surface area contributed by atoms with E-state index in [1.807, 2.05) is 0 Å². The highest BCUT2D eigenvalue weighted by Crippen LogP contribution is 2.39. The van der Waals surface area contributed by atoms with Crippen molar-refractivity contribution in [3.05, 3.63) is 21.9 Å². The summed E-state index contributed by atoms with van der Waals surface area (Å²) in [6.07, 6.45) is 0.219.